The lowest BCUT2D eigenvalue weighted by molar-refractivity contribution is -0.218. The minimum absolute atomic E-state index is 0.256. The lowest BCUT2D eigenvalue weighted by Crippen LogP contribution is -2.29. The van der Waals surface area contributed by atoms with Gasteiger partial charge < -0.3 is 10.2 Å². The molecule has 0 saturated carbocycles. The van der Waals surface area contributed by atoms with Crippen LogP contribution in [0.25, 0.3) is 0 Å². The van der Waals surface area contributed by atoms with Crippen LogP contribution in [0.2, 0.25) is 0 Å². The molecule has 1 unspecified atom stereocenters. The number of hydrogen-bond acceptors (Lipinski definition) is 4. The normalized spacial score (nSPS) is 24.0. The average Bonchev–Trinajstić information content (AvgIpc) is 2.52. The second kappa shape index (κ2) is 6.32. The molecule has 1 fully saturated rings. The topological polar surface area (TPSA) is 52.9 Å². The standard InChI is InChI=1S/C9H19NO3/c11-7-2-1-3-8-13-10-6-4-5-9(10)12/h9,11-12H,1-8H2. The second-order valence-electron chi connectivity index (χ2n) is 3.38. The van der Waals surface area contributed by atoms with Crippen LogP contribution in [0.3, 0.4) is 0 Å². The SMILES string of the molecule is OCCCCCON1CCCC1O. The van der Waals surface area contributed by atoms with Crippen LogP contribution in [-0.2, 0) is 4.84 Å². The monoisotopic (exact) mass is 189 g/mol. The molecule has 0 radical (unpaired) electrons. The van der Waals surface area contributed by atoms with Crippen LogP contribution in [0.15, 0.2) is 0 Å². The van der Waals surface area contributed by atoms with E-state index in [0.717, 1.165) is 38.6 Å². The first-order chi connectivity index (χ1) is 6.34. The number of unbranched alkanes of at least 4 members (excludes halogenated alkanes) is 2. The van der Waals surface area contributed by atoms with Gasteiger partial charge in [0, 0.05) is 13.2 Å². The summed E-state index contributed by atoms with van der Waals surface area (Å²) in [4.78, 5) is 5.36. The molecule has 1 heterocycles. The molecule has 0 amide bonds. The Morgan fingerprint density at radius 1 is 1.31 bits per heavy atom. The summed E-state index contributed by atoms with van der Waals surface area (Å²) in [6, 6.07) is 0. The molecule has 13 heavy (non-hydrogen) atoms. The Kier molecular flexibility index (Phi) is 5.31. The lowest BCUT2D eigenvalue weighted by Gasteiger charge is -2.18. The van der Waals surface area contributed by atoms with E-state index in [1.807, 2.05) is 0 Å². The number of nitrogens with zero attached hydrogens (tertiary/aromatic N) is 1. The summed E-state index contributed by atoms with van der Waals surface area (Å²) in [6.07, 6.45) is 4.20. The van der Waals surface area contributed by atoms with Crippen molar-refractivity contribution in [1.82, 2.24) is 5.06 Å². The molecule has 1 aliphatic rings. The molecule has 0 aromatic rings. The van der Waals surface area contributed by atoms with E-state index in [0.29, 0.717) is 6.61 Å². The van der Waals surface area contributed by atoms with E-state index < -0.39 is 6.23 Å². The first kappa shape index (κ1) is 10.9. The van der Waals surface area contributed by atoms with Gasteiger partial charge in [0.2, 0.25) is 0 Å². The van der Waals surface area contributed by atoms with Crippen molar-refractivity contribution in [2.75, 3.05) is 19.8 Å². The fourth-order valence-electron chi connectivity index (χ4n) is 1.45. The first-order valence-electron chi connectivity index (χ1n) is 5.03. The van der Waals surface area contributed by atoms with Gasteiger partial charge in [0.25, 0.3) is 0 Å². The maximum Gasteiger partial charge on any atom is 0.129 e. The molecule has 4 nitrogen and oxygen atoms in total. The van der Waals surface area contributed by atoms with Gasteiger partial charge in [-0.15, -0.1) is 0 Å². The molecule has 1 atom stereocenters. The van der Waals surface area contributed by atoms with E-state index >= 15 is 0 Å². The van der Waals surface area contributed by atoms with Crippen molar-refractivity contribution < 1.29 is 15.1 Å². The quantitative estimate of drug-likeness (QED) is 0.597. The van der Waals surface area contributed by atoms with E-state index in [4.69, 9.17) is 9.94 Å². The third kappa shape index (κ3) is 4.04. The summed E-state index contributed by atoms with van der Waals surface area (Å²) in [6.45, 7) is 1.74. The first-order valence-corrected chi connectivity index (χ1v) is 5.03. The van der Waals surface area contributed by atoms with Gasteiger partial charge in [-0.3, -0.25) is 4.84 Å². The Labute approximate surface area is 79.1 Å². The Balaban J connectivity index is 1.93. The molecule has 0 aliphatic carbocycles. The smallest absolute Gasteiger partial charge is 0.129 e. The molecule has 0 spiro atoms. The summed E-state index contributed by atoms with van der Waals surface area (Å²) in [5.41, 5.74) is 0. The van der Waals surface area contributed by atoms with Crippen molar-refractivity contribution in [2.45, 2.75) is 38.3 Å². The highest BCUT2D eigenvalue weighted by Gasteiger charge is 2.22. The van der Waals surface area contributed by atoms with Crippen molar-refractivity contribution in [3.8, 4) is 0 Å². The summed E-state index contributed by atoms with van der Waals surface area (Å²) < 4.78 is 0. The molecular weight excluding hydrogens is 170 g/mol. The molecule has 4 heteroatoms. The van der Waals surface area contributed by atoms with Gasteiger partial charge in [0.15, 0.2) is 0 Å². The van der Waals surface area contributed by atoms with Crippen LogP contribution in [0.1, 0.15) is 32.1 Å². The van der Waals surface area contributed by atoms with Crippen LogP contribution in [0, 0.1) is 0 Å². The zero-order valence-electron chi connectivity index (χ0n) is 7.98. The molecular formula is C9H19NO3. The van der Waals surface area contributed by atoms with Crippen molar-refractivity contribution in [2.24, 2.45) is 0 Å². The predicted molar refractivity (Wildman–Crippen MR) is 48.8 cm³/mol. The minimum atomic E-state index is -0.405. The van der Waals surface area contributed by atoms with Gasteiger partial charge in [0.1, 0.15) is 6.23 Å². The van der Waals surface area contributed by atoms with Gasteiger partial charge in [-0.05, 0) is 32.1 Å². The summed E-state index contributed by atoms with van der Waals surface area (Å²) >= 11 is 0. The van der Waals surface area contributed by atoms with Crippen LogP contribution in [0.4, 0.5) is 0 Å². The highest BCUT2D eigenvalue weighted by molar-refractivity contribution is 4.62. The Hall–Kier alpha value is -0.160. The molecule has 0 bridgehead atoms. The summed E-state index contributed by atoms with van der Waals surface area (Å²) in [5.74, 6) is 0. The van der Waals surface area contributed by atoms with Crippen molar-refractivity contribution in [1.29, 1.82) is 0 Å². The molecule has 0 aromatic carbocycles. The Bertz CT molecular complexity index is 132. The molecule has 2 N–H and O–H groups in total. The molecule has 1 saturated heterocycles. The summed E-state index contributed by atoms with van der Waals surface area (Å²) in [5, 5.41) is 19.5. The van der Waals surface area contributed by atoms with E-state index in [1.54, 1.807) is 5.06 Å². The zero-order chi connectivity index (χ0) is 9.52. The highest BCUT2D eigenvalue weighted by Crippen LogP contribution is 2.14. The summed E-state index contributed by atoms with van der Waals surface area (Å²) in [7, 11) is 0. The second-order valence-corrected chi connectivity index (χ2v) is 3.38. The van der Waals surface area contributed by atoms with Crippen LogP contribution in [-0.4, -0.2) is 41.3 Å². The number of hydroxylamine groups is 2. The number of hydrogen-bond donors (Lipinski definition) is 2. The number of rotatable bonds is 6. The Morgan fingerprint density at radius 3 is 2.77 bits per heavy atom. The van der Waals surface area contributed by atoms with Gasteiger partial charge in [0.05, 0.1) is 6.61 Å². The van der Waals surface area contributed by atoms with Crippen LogP contribution < -0.4 is 0 Å². The van der Waals surface area contributed by atoms with Gasteiger partial charge in [-0.1, -0.05) is 0 Å². The van der Waals surface area contributed by atoms with Crippen LogP contribution >= 0.6 is 0 Å². The third-order valence-corrected chi connectivity index (χ3v) is 2.23. The van der Waals surface area contributed by atoms with Crippen molar-refractivity contribution in [3.05, 3.63) is 0 Å². The van der Waals surface area contributed by atoms with Crippen molar-refractivity contribution >= 4 is 0 Å². The molecule has 1 aliphatic heterocycles. The maximum atomic E-state index is 9.35. The van der Waals surface area contributed by atoms with Gasteiger partial charge in [-0.2, -0.15) is 5.06 Å². The van der Waals surface area contributed by atoms with E-state index in [-0.39, 0.29) is 6.61 Å². The predicted octanol–water partition coefficient (Wildman–Crippen LogP) is 0.495. The molecule has 78 valence electrons. The fraction of sp³-hybridized carbons (Fsp3) is 1.00. The third-order valence-electron chi connectivity index (χ3n) is 2.23. The largest absolute Gasteiger partial charge is 0.396 e. The van der Waals surface area contributed by atoms with E-state index in [9.17, 15) is 5.11 Å². The highest BCUT2D eigenvalue weighted by atomic mass is 16.7. The van der Waals surface area contributed by atoms with Gasteiger partial charge >= 0.3 is 0 Å². The molecule has 0 aromatic heterocycles. The number of aliphatic hydroxyl groups is 2. The van der Waals surface area contributed by atoms with E-state index in [2.05, 4.69) is 0 Å². The maximum absolute atomic E-state index is 9.35. The minimum Gasteiger partial charge on any atom is -0.396 e. The van der Waals surface area contributed by atoms with Crippen LogP contribution in [0.5, 0.6) is 0 Å². The van der Waals surface area contributed by atoms with E-state index in [1.165, 1.54) is 0 Å². The Morgan fingerprint density at radius 2 is 2.15 bits per heavy atom. The van der Waals surface area contributed by atoms with Gasteiger partial charge in [-0.25, -0.2) is 0 Å². The fourth-order valence-corrected chi connectivity index (χ4v) is 1.45. The zero-order valence-corrected chi connectivity index (χ0v) is 7.98. The lowest BCUT2D eigenvalue weighted by atomic mass is 10.2. The van der Waals surface area contributed by atoms with Crippen molar-refractivity contribution in [3.63, 3.8) is 0 Å². The number of aliphatic hydroxyl groups excluding tert-OH is 2. The molecule has 1 rings (SSSR count). The average molecular weight is 189 g/mol.